The lowest BCUT2D eigenvalue weighted by molar-refractivity contribution is -0.196. The third-order valence-electron chi connectivity index (χ3n) is 8.51. The van der Waals surface area contributed by atoms with Crippen LogP contribution in [0.4, 0.5) is 22.0 Å². The molecular formula is C25H32F5N5O4. The fourth-order valence-corrected chi connectivity index (χ4v) is 6.27. The number of nitriles is 1. The van der Waals surface area contributed by atoms with Crippen LogP contribution < -0.4 is 16.0 Å². The molecule has 3 aliphatic heterocycles. The summed E-state index contributed by atoms with van der Waals surface area (Å²) in [5.74, 6) is -10.2. The Labute approximate surface area is 222 Å². The van der Waals surface area contributed by atoms with Crippen molar-refractivity contribution in [2.45, 2.75) is 100 Å². The number of piperidine rings is 3. The van der Waals surface area contributed by atoms with Crippen LogP contribution in [0, 0.1) is 29.1 Å². The predicted octanol–water partition coefficient (Wildman–Crippen LogP) is 2.16. The molecule has 5 aliphatic rings. The first-order chi connectivity index (χ1) is 18.3. The Hall–Kier alpha value is -2.98. The van der Waals surface area contributed by atoms with E-state index in [0.29, 0.717) is 32.2 Å². The molecule has 0 unspecified atom stereocenters. The van der Waals surface area contributed by atoms with Crippen LogP contribution in [-0.2, 0) is 19.2 Å². The summed E-state index contributed by atoms with van der Waals surface area (Å²) in [6.45, 7) is 0.489. The molecule has 6 atom stereocenters. The average Bonchev–Trinajstić information content (AvgIpc) is 2.84. The maximum absolute atomic E-state index is 15.0. The SMILES string of the molecule is N#C[C@H](C[C@@H]1CCCNC1=O)NC(=O)[C@@H]1[C@@H]2CC[C@@H](CC2(F)F)N1C(=O)[C@H](CC1CCC1)NC(=O)C(F)(F)F. The van der Waals surface area contributed by atoms with Gasteiger partial charge in [-0.05, 0) is 44.4 Å². The average molecular weight is 562 g/mol. The van der Waals surface area contributed by atoms with Crippen molar-refractivity contribution < 1.29 is 41.1 Å². The fraction of sp³-hybridized carbons (Fsp3) is 0.800. The monoisotopic (exact) mass is 561 g/mol. The van der Waals surface area contributed by atoms with E-state index in [0.717, 1.165) is 11.3 Å². The second-order valence-corrected chi connectivity index (χ2v) is 11.1. The lowest BCUT2D eigenvalue weighted by Gasteiger charge is -2.54. The van der Waals surface area contributed by atoms with Gasteiger partial charge in [0.1, 0.15) is 18.1 Å². The quantitative estimate of drug-likeness (QED) is 0.391. The van der Waals surface area contributed by atoms with Gasteiger partial charge >= 0.3 is 12.1 Å². The summed E-state index contributed by atoms with van der Waals surface area (Å²) in [4.78, 5) is 51.9. The Morgan fingerprint density at radius 1 is 1.08 bits per heavy atom. The normalized spacial score (nSPS) is 29.8. The number of fused-ring (bicyclic) bond motifs is 3. The molecular weight excluding hydrogens is 529 g/mol. The first-order valence-corrected chi connectivity index (χ1v) is 13.4. The lowest BCUT2D eigenvalue weighted by Crippen LogP contribution is -2.71. The minimum atomic E-state index is -5.26. The van der Waals surface area contributed by atoms with Crippen LogP contribution in [0.3, 0.4) is 0 Å². The highest BCUT2D eigenvalue weighted by Crippen LogP contribution is 2.49. The summed E-state index contributed by atoms with van der Waals surface area (Å²) in [7, 11) is 0. The van der Waals surface area contributed by atoms with Crippen molar-refractivity contribution in [1.29, 1.82) is 5.26 Å². The standard InChI is InChI=1S/C25H32F5N5O4/c26-24(27)11-16-6-7-17(24)19(21(37)33-15(12-31)10-14-5-2-8-32-20(14)36)35(16)22(38)18(9-13-3-1-4-13)34-23(39)25(28,29)30/h13-19H,1-11H2,(H,32,36)(H,33,37)(H,34,39)/t14-,15-,16-,17-,18-,19-/m0/s1. The maximum Gasteiger partial charge on any atom is 0.471 e. The van der Waals surface area contributed by atoms with E-state index < -0.39 is 72.2 Å². The molecule has 5 fully saturated rings. The smallest absolute Gasteiger partial charge is 0.356 e. The number of alkyl halides is 5. The number of carbonyl (C=O) groups is 4. The van der Waals surface area contributed by atoms with Crippen LogP contribution in [0.15, 0.2) is 0 Å². The van der Waals surface area contributed by atoms with Crippen LogP contribution in [0.2, 0.25) is 0 Å². The van der Waals surface area contributed by atoms with Crippen molar-refractivity contribution in [2.24, 2.45) is 17.8 Å². The molecule has 0 radical (unpaired) electrons. The minimum Gasteiger partial charge on any atom is -0.356 e. The molecule has 3 saturated heterocycles. The number of rotatable bonds is 8. The van der Waals surface area contributed by atoms with E-state index in [1.807, 2.05) is 6.07 Å². The van der Waals surface area contributed by atoms with Gasteiger partial charge in [0.05, 0.1) is 12.0 Å². The van der Waals surface area contributed by atoms with Crippen molar-refractivity contribution in [2.75, 3.05) is 6.54 Å². The lowest BCUT2D eigenvalue weighted by atomic mass is 9.71. The molecule has 14 heteroatoms. The number of carbonyl (C=O) groups excluding carboxylic acids is 4. The summed E-state index contributed by atoms with van der Waals surface area (Å²) in [5, 5.41) is 16.4. The van der Waals surface area contributed by atoms with Gasteiger partial charge in [-0.1, -0.05) is 19.3 Å². The van der Waals surface area contributed by atoms with E-state index in [1.165, 1.54) is 0 Å². The summed E-state index contributed by atoms with van der Waals surface area (Å²) in [5.41, 5.74) is 0. The predicted molar refractivity (Wildman–Crippen MR) is 125 cm³/mol. The second kappa shape index (κ2) is 11.3. The van der Waals surface area contributed by atoms with E-state index in [2.05, 4.69) is 10.6 Å². The number of nitrogens with one attached hydrogen (secondary N) is 3. The van der Waals surface area contributed by atoms with Gasteiger partial charge in [0.25, 0.3) is 5.92 Å². The fourth-order valence-electron chi connectivity index (χ4n) is 6.27. The van der Waals surface area contributed by atoms with Crippen LogP contribution in [0.1, 0.15) is 64.2 Å². The molecule has 2 saturated carbocycles. The van der Waals surface area contributed by atoms with Crippen LogP contribution in [-0.4, -0.2) is 71.3 Å². The number of halogens is 5. The zero-order chi connectivity index (χ0) is 28.5. The van der Waals surface area contributed by atoms with E-state index in [1.54, 1.807) is 5.32 Å². The van der Waals surface area contributed by atoms with Crippen molar-refractivity contribution in [1.82, 2.24) is 20.9 Å². The molecule has 3 heterocycles. The zero-order valence-electron chi connectivity index (χ0n) is 21.2. The molecule has 2 bridgehead atoms. The van der Waals surface area contributed by atoms with Gasteiger partial charge in [0.15, 0.2) is 0 Å². The second-order valence-electron chi connectivity index (χ2n) is 11.1. The molecule has 0 aromatic rings. The van der Waals surface area contributed by atoms with E-state index in [-0.39, 0.29) is 37.5 Å². The van der Waals surface area contributed by atoms with Gasteiger partial charge < -0.3 is 20.9 Å². The summed E-state index contributed by atoms with van der Waals surface area (Å²) >= 11 is 0. The maximum atomic E-state index is 15.0. The van der Waals surface area contributed by atoms with Gasteiger partial charge in [-0.3, -0.25) is 19.2 Å². The number of hydrogen-bond acceptors (Lipinski definition) is 5. The number of nitrogens with zero attached hydrogens (tertiary/aromatic N) is 2. The molecule has 4 amide bonds. The Morgan fingerprint density at radius 3 is 2.36 bits per heavy atom. The zero-order valence-corrected chi connectivity index (χ0v) is 21.2. The molecule has 5 rings (SSSR count). The van der Waals surface area contributed by atoms with Gasteiger partial charge in [-0.2, -0.15) is 18.4 Å². The summed E-state index contributed by atoms with van der Waals surface area (Å²) in [6, 6.07) is -3.82. The number of amides is 4. The van der Waals surface area contributed by atoms with Gasteiger partial charge in [0.2, 0.25) is 17.7 Å². The minimum absolute atomic E-state index is 0.0504. The van der Waals surface area contributed by atoms with Gasteiger partial charge in [0, 0.05) is 24.9 Å². The molecule has 0 aromatic heterocycles. The molecule has 0 aromatic carbocycles. The first kappa shape index (κ1) is 29.0. The third kappa shape index (κ3) is 6.27. The van der Waals surface area contributed by atoms with Crippen molar-refractivity contribution in [3.8, 4) is 6.07 Å². The highest BCUT2D eigenvalue weighted by atomic mass is 19.4. The van der Waals surface area contributed by atoms with Crippen molar-refractivity contribution >= 4 is 23.6 Å². The van der Waals surface area contributed by atoms with Gasteiger partial charge in [-0.25, -0.2) is 8.78 Å². The third-order valence-corrected chi connectivity index (χ3v) is 8.51. The van der Waals surface area contributed by atoms with E-state index >= 15 is 0 Å². The van der Waals surface area contributed by atoms with Gasteiger partial charge in [-0.15, -0.1) is 0 Å². The molecule has 2 aliphatic carbocycles. The largest absolute Gasteiger partial charge is 0.471 e. The van der Waals surface area contributed by atoms with Crippen molar-refractivity contribution in [3.63, 3.8) is 0 Å². The highest BCUT2D eigenvalue weighted by molar-refractivity contribution is 5.94. The van der Waals surface area contributed by atoms with Crippen LogP contribution in [0.5, 0.6) is 0 Å². The topological polar surface area (TPSA) is 131 Å². The van der Waals surface area contributed by atoms with Crippen LogP contribution >= 0.6 is 0 Å². The van der Waals surface area contributed by atoms with E-state index in [9.17, 15) is 46.4 Å². The van der Waals surface area contributed by atoms with Crippen molar-refractivity contribution in [3.05, 3.63) is 0 Å². The molecule has 216 valence electrons. The Morgan fingerprint density at radius 2 is 1.79 bits per heavy atom. The summed E-state index contributed by atoms with van der Waals surface area (Å²) in [6.07, 6.45) is -2.84. The Kier molecular flexibility index (Phi) is 8.37. The molecule has 39 heavy (non-hydrogen) atoms. The first-order valence-electron chi connectivity index (χ1n) is 13.4. The Balaban J connectivity index is 1.57. The Bertz CT molecular complexity index is 1030. The molecule has 0 spiro atoms. The molecule has 3 N–H and O–H groups in total. The van der Waals surface area contributed by atoms with E-state index in [4.69, 9.17) is 0 Å². The summed E-state index contributed by atoms with van der Waals surface area (Å²) < 4.78 is 69.1. The number of hydrogen-bond donors (Lipinski definition) is 3. The van der Waals surface area contributed by atoms with Crippen LogP contribution in [0.25, 0.3) is 0 Å². The highest BCUT2D eigenvalue weighted by Gasteiger charge is 2.61. The molecule has 9 nitrogen and oxygen atoms in total.